The zero-order valence-corrected chi connectivity index (χ0v) is 8.46. The van der Waals surface area contributed by atoms with E-state index in [9.17, 15) is 4.39 Å². The van der Waals surface area contributed by atoms with Crippen LogP contribution in [-0.4, -0.2) is 6.54 Å². The van der Waals surface area contributed by atoms with Crippen molar-refractivity contribution in [3.05, 3.63) is 29.6 Å². The molecule has 1 aliphatic rings. The van der Waals surface area contributed by atoms with Gasteiger partial charge in [-0.1, -0.05) is 12.5 Å². The van der Waals surface area contributed by atoms with Crippen LogP contribution in [0.4, 0.5) is 10.1 Å². The maximum Gasteiger partial charge on any atom is 0.143 e. The molecule has 0 heterocycles. The number of rotatable bonds is 3. The van der Waals surface area contributed by atoms with Crippen LogP contribution in [0.2, 0.25) is 0 Å². The van der Waals surface area contributed by atoms with E-state index in [1.165, 1.54) is 25.3 Å². The summed E-state index contributed by atoms with van der Waals surface area (Å²) in [6.45, 7) is 0.845. The van der Waals surface area contributed by atoms with E-state index < -0.39 is 5.82 Å². The molecule has 0 aromatic heterocycles. The molecule has 0 aliphatic heterocycles. The number of benzene rings is 1. The van der Waals surface area contributed by atoms with Gasteiger partial charge in [-0.05, 0) is 30.9 Å². The van der Waals surface area contributed by atoms with Crippen molar-refractivity contribution in [2.75, 3.05) is 11.9 Å². The number of nitriles is 1. The number of nitrogens with zero attached hydrogens (tertiary/aromatic N) is 1. The molecule has 1 aromatic rings. The second-order valence-corrected chi connectivity index (χ2v) is 3.95. The van der Waals surface area contributed by atoms with Crippen LogP contribution in [0, 0.1) is 23.1 Å². The van der Waals surface area contributed by atoms with Crippen molar-refractivity contribution in [2.45, 2.75) is 19.3 Å². The van der Waals surface area contributed by atoms with E-state index in [4.69, 9.17) is 5.26 Å². The highest BCUT2D eigenvalue weighted by atomic mass is 19.1. The molecule has 15 heavy (non-hydrogen) atoms. The van der Waals surface area contributed by atoms with Gasteiger partial charge in [0.1, 0.15) is 17.4 Å². The van der Waals surface area contributed by atoms with Crippen LogP contribution >= 0.6 is 0 Å². The normalized spacial score (nSPS) is 15.5. The lowest BCUT2D eigenvalue weighted by atomic mass is 9.85. The average molecular weight is 204 g/mol. The Hall–Kier alpha value is -1.56. The Morgan fingerprint density at radius 2 is 2.27 bits per heavy atom. The second kappa shape index (κ2) is 4.31. The minimum atomic E-state index is -0.448. The molecular formula is C12H13FN2. The first kappa shape index (κ1) is 9.97. The molecule has 0 amide bonds. The van der Waals surface area contributed by atoms with E-state index in [0.717, 1.165) is 6.54 Å². The van der Waals surface area contributed by atoms with Crippen LogP contribution in [0.15, 0.2) is 18.2 Å². The molecule has 78 valence electrons. The van der Waals surface area contributed by atoms with Gasteiger partial charge in [-0.15, -0.1) is 0 Å². The lowest BCUT2D eigenvalue weighted by Crippen LogP contribution is -2.21. The molecule has 1 aliphatic carbocycles. The third-order valence-corrected chi connectivity index (χ3v) is 2.93. The fourth-order valence-corrected chi connectivity index (χ4v) is 1.74. The van der Waals surface area contributed by atoms with Gasteiger partial charge in [0.2, 0.25) is 0 Å². The van der Waals surface area contributed by atoms with Crippen molar-refractivity contribution >= 4 is 5.69 Å². The molecular weight excluding hydrogens is 191 g/mol. The van der Waals surface area contributed by atoms with Crippen LogP contribution < -0.4 is 5.32 Å². The van der Waals surface area contributed by atoms with Crippen molar-refractivity contribution < 1.29 is 4.39 Å². The van der Waals surface area contributed by atoms with E-state index in [0.29, 0.717) is 11.6 Å². The Morgan fingerprint density at radius 3 is 2.87 bits per heavy atom. The molecule has 0 radical (unpaired) electrons. The van der Waals surface area contributed by atoms with Crippen molar-refractivity contribution in [1.82, 2.24) is 0 Å². The SMILES string of the molecule is N#Cc1c(F)cccc1NCC1CCC1. The summed E-state index contributed by atoms with van der Waals surface area (Å²) in [5.74, 6) is 0.246. The summed E-state index contributed by atoms with van der Waals surface area (Å²) in [5, 5.41) is 12.0. The number of hydrogen-bond donors (Lipinski definition) is 1. The molecule has 1 saturated carbocycles. The molecule has 1 aromatic carbocycles. The minimum absolute atomic E-state index is 0.122. The smallest absolute Gasteiger partial charge is 0.143 e. The van der Waals surface area contributed by atoms with Crippen molar-refractivity contribution in [2.24, 2.45) is 5.92 Å². The second-order valence-electron chi connectivity index (χ2n) is 3.95. The summed E-state index contributed by atoms with van der Waals surface area (Å²) in [5.41, 5.74) is 0.737. The van der Waals surface area contributed by atoms with E-state index in [1.54, 1.807) is 12.1 Å². The predicted molar refractivity (Wildman–Crippen MR) is 56.9 cm³/mol. The van der Waals surface area contributed by atoms with Gasteiger partial charge in [0.15, 0.2) is 0 Å². The Balaban J connectivity index is 2.06. The van der Waals surface area contributed by atoms with Crippen LogP contribution in [0.5, 0.6) is 0 Å². The van der Waals surface area contributed by atoms with Gasteiger partial charge in [-0.25, -0.2) is 4.39 Å². The van der Waals surface area contributed by atoms with E-state index in [-0.39, 0.29) is 5.56 Å². The van der Waals surface area contributed by atoms with Crippen molar-refractivity contribution in [1.29, 1.82) is 5.26 Å². The molecule has 2 nitrogen and oxygen atoms in total. The van der Waals surface area contributed by atoms with Gasteiger partial charge in [0.05, 0.1) is 5.69 Å². The number of halogens is 1. The first-order chi connectivity index (χ1) is 7.31. The predicted octanol–water partition coefficient (Wildman–Crippen LogP) is 2.91. The standard InChI is InChI=1S/C12H13FN2/c13-11-5-2-6-12(10(11)7-14)15-8-9-3-1-4-9/h2,5-6,9,15H,1,3-4,8H2. The molecule has 0 bridgehead atoms. The van der Waals surface area contributed by atoms with Gasteiger partial charge >= 0.3 is 0 Å². The molecule has 0 unspecified atom stereocenters. The maximum absolute atomic E-state index is 13.2. The van der Waals surface area contributed by atoms with Gasteiger partial charge in [0, 0.05) is 6.54 Å². The molecule has 3 heteroatoms. The first-order valence-electron chi connectivity index (χ1n) is 5.23. The Morgan fingerprint density at radius 1 is 1.47 bits per heavy atom. The highest BCUT2D eigenvalue weighted by Gasteiger charge is 2.17. The largest absolute Gasteiger partial charge is 0.384 e. The van der Waals surface area contributed by atoms with Gasteiger partial charge in [-0.3, -0.25) is 0 Å². The van der Waals surface area contributed by atoms with Gasteiger partial charge < -0.3 is 5.32 Å². The van der Waals surface area contributed by atoms with Crippen LogP contribution in [-0.2, 0) is 0 Å². The average Bonchev–Trinajstić information content (AvgIpc) is 2.15. The number of anilines is 1. The van der Waals surface area contributed by atoms with Crippen LogP contribution in [0.25, 0.3) is 0 Å². The van der Waals surface area contributed by atoms with Crippen molar-refractivity contribution in [3.8, 4) is 6.07 Å². The molecule has 0 saturated heterocycles. The molecule has 1 fully saturated rings. The van der Waals surface area contributed by atoms with E-state index in [2.05, 4.69) is 5.32 Å². The number of nitrogens with one attached hydrogen (secondary N) is 1. The quantitative estimate of drug-likeness (QED) is 0.821. The number of hydrogen-bond acceptors (Lipinski definition) is 2. The zero-order chi connectivity index (χ0) is 10.7. The van der Waals surface area contributed by atoms with E-state index in [1.807, 2.05) is 6.07 Å². The lowest BCUT2D eigenvalue weighted by Gasteiger charge is -2.26. The summed E-state index contributed by atoms with van der Waals surface area (Å²) in [4.78, 5) is 0. The monoisotopic (exact) mass is 204 g/mol. The summed E-state index contributed by atoms with van der Waals surface area (Å²) in [6.07, 6.45) is 3.77. The topological polar surface area (TPSA) is 35.8 Å². The Bertz CT molecular complexity index is 391. The summed E-state index contributed by atoms with van der Waals surface area (Å²) >= 11 is 0. The maximum atomic E-state index is 13.2. The summed E-state index contributed by atoms with van der Waals surface area (Å²) in [7, 11) is 0. The third kappa shape index (κ3) is 2.10. The third-order valence-electron chi connectivity index (χ3n) is 2.93. The molecule has 0 spiro atoms. The summed E-state index contributed by atoms with van der Waals surface area (Å²) < 4.78 is 13.2. The zero-order valence-electron chi connectivity index (χ0n) is 8.46. The van der Waals surface area contributed by atoms with Crippen molar-refractivity contribution in [3.63, 3.8) is 0 Å². The molecule has 2 rings (SSSR count). The lowest BCUT2D eigenvalue weighted by molar-refractivity contribution is 0.333. The fraction of sp³-hybridized carbons (Fsp3) is 0.417. The van der Waals surface area contributed by atoms with Crippen LogP contribution in [0.3, 0.4) is 0 Å². The highest BCUT2D eigenvalue weighted by Crippen LogP contribution is 2.27. The Kier molecular flexibility index (Phi) is 2.86. The first-order valence-corrected chi connectivity index (χ1v) is 5.23. The van der Waals surface area contributed by atoms with E-state index >= 15 is 0 Å². The minimum Gasteiger partial charge on any atom is -0.384 e. The summed E-state index contributed by atoms with van der Waals surface area (Å²) in [6, 6.07) is 6.57. The Labute approximate surface area is 88.7 Å². The van der Waals surface area contributed by atoms with Crippen LogP contribution in [0.1, 0.15) is 24.8 Å². The fourth-order valence-electron chi connectivity index (χ4n) is 1.74. The highest BCUT2D eigenvalue weighted by molar-refractivity contribution is 5.57. The molecule has 1 N–H and O–H groups in total. The van der Waals surface area contributed by atoms with Gasteiger partial charge in [-0.2, -0.15) is 5.26 Å². The van der Waals surface area contributed by atoms with Gasteiger partial charge in [0.25, 0.3) is 0 Å². The molecule has 0 atom stereocenters.